The summed E-state index contributed by atoms with van der Waals surface area (Å²) in [6.45, 7) is 0.166. The van der Waals surface area contributed by atoms with Crippen LogP contribution in [0.15, 0.2) is 76.0 Å². The number of nitrogens with one attached hydrogen (secondary N) is 3. The van der Waals surface area contributed by atoms with Crippen LogP contribution in [0.1, 0.15) is 21.5 Å². The second-order valence-corrected chi connectivity index (χ2v) is 8.01. The van der Waals surface area contributed by atoms with E-state index in [9.17, 15) is 10.1 Å². The van der Waals surface area contributed by atoms with E-state index < -0.39 is 0 Å². The molecule has 1 aromatic carbocycles. The summed E-state index contributed by atoms with van der Waals surface area (Å²) in [5, 5.41) is 18.1. The third-order valence-electron chi connectivity index (χ3n) is 4.90. The van der Waals surface area contributed by atoms with E-state index in [1.807, 2.05) is 23.6 Å². The van der Waals surface area contributed by atoms with Crippen molar-refractivity contribution in [1.29, 1.82) is 5.26 Å². The number of hydrogen-bond donors (Lipinski definition) is 3. The Labute approximate surface area is 226 Å². The van der Waals surface area contributed by atoms with E-state index in [0.717, 1.165) is 16.0 Å². The number of nitriles is 1. The van der Waals surface area contributed by atoms with Crippen molar-refractivity contribution >= 4 is 23.2 Å². The molecule has 0 atom stereocenters. The minimum absolute atomic E-state index is 0. The van der Waals surface area contributed by atoms with Crippen molar-refractivity contribution in [3.8, 4) is 33.6 Å². The standard InChI is InChI=1S/C23H16N7O3S.Na/c24-11-18-17(16-7-8-32-13-16)10-19(20-2-1-9-34-20)25-22(18)33-12-14-3-5-15(6-4-14)21(31)26-23-27-29-30-28-23;/h1-10,13,29H,12H2,(H2,26,27,28,31);/q-1;+1. The van der Waals surface area contributed by atoms with Crippen molar-refractivity contribution in [1.82, 2.24) is 21.3 Å². The zero-order chi connectivity index (χ0) is 23.3. The summed E-state index contributed by atoms with van der Waals surface area (Å²) >= 11 is 1.55. The average molecular weight is 493 g/mol. The molecule has 0 radical (unpaired) electrons. The third-order valence-corrected chi connectivity index (χ3v) is 5.79. The SMILES string of the molecule is N#Cc1c(-c2ccoc2)cc(-c2cccs2)nc1OCc1ccc(C(=O)NC2=N[N-]NN2)cc1.[Na+]. The van der Waals surface area contributed by atoms with E-state index in [1.165, 1.54) is 0 Å². The Kier molecular flexibility index (Phi) is 7.81. The Balaban J connectivity index is 0.00000289. The van der Waals surface area contributed by atoms with E-state index in [2.05, 4.69) is 38.0 Å². The van der Waals surface area contributed by atoms with Gasteiger partial charge in [0.25, 0.3) is 5.91 Å². The monoisotopic (exact) mass is 493 g/mol. The van der Waals surface area contributed by atoms with Crippen LogP contribution in [0.3, 0.4) is 0 Å². The second kappa shape index (κ2) is 11.2. The van der Waals surface area contributed by atoms with E-state index in [0.29, 0.717) is 22.4 Å². The Morgan fingerprint density at radius 3 is 2.77 bits per heavy atom. The molecule has 168 valence electrons. The molecule has 0 saturated heterocycles. The van der Waals surface area contributed by atoms with E-state index >= 15 is 0 Å². The maximum atomic E-state index is 12.3. The van der Waals surface area contributed by atoms with Gasteiger partial charge in [-0.2, -0.15) is 5.26 Å². The first-order chi connectivity index (χ1) is 16.7. The Morgan fingerprint density at radius 2 is 2.11 bits per heavy atom. The fourth-order valence-electron chi connectivity index (χ4n) is 3.25. The van der Waals surface area contributed by atoms with Gasteiger partial charge in [0, 0.05) is 16.7 Å². The summed E-state index contributed by atoms with van der Waals surface area (Å²) in [5.74, 6) is 0.110. The van der Waals surface area contributed by atoms with Crippen LogP contribution in [-0.4, -0.2) is 16.9 Å². The number of carbonyl (C=O) groups is 1. The summed E-state index contributed by atoms with van der Waals surface area (Å²) in [6, 6.07) is 16.7. The number of aromatic nitrogens is 1. The number of rotatable bonds is 6. The second-order valence-electron chi connectivity index (χ2n) is 7.06. The molecule has 35 heavy (non-hydrogen) atoms. The number of hydrogen-bond acceptors (Lipinski definition) is 9. The van der Waals surface area contributed by atoms with Gasteiger partial charge in [-0.1, -0.05) is 18.2 Å². The maximum absolute atomic E-state index is 12.3. The minimum Gasteiger partial charge on any atom is -0.519 e. The molecule has 12 heteroatoms. The number of guanidine groups is 1. The molecule has 10 nitrogen and oxygen atoms in total. The molecular weight excluding hydrogens is 477 g/mol. The number of carbonyl (C=O) groups excluding carboxylic acids is 1. The first kappa shape index (κ1) is 24.5. The molecule has 0 bridgehead atoms. The Hall–Kier alpha value is -3.66. The quantitative estimate of drug-likeness (QED) is 0.340. The summed E-state index contributed by atoms with van der Waals surface area (Å²) < 4.78 is 11.2. The zero-order valence-electron chi connectivity index (χ0n) is 18.5. The van der Waals surface area contributed by atoms with Crippen molar-refractivity contribution in [2.24, 2.45) is 5.10 Å². The van der Waals surface area contributed by atoms with Gasteiger partial charge in [-0.25, -0.2) is 4.98 Å². The molecule has 4 aromatic rings. The smallest absolute Gasteiger partial charge is 0.519 e. The molecule has 1 aliphatic heterocycles. The van der Waals surface area contributed by atoms with Crippen molar-refractivity contribution < 1.29 is 43.5 Å². The summed E-state index contributed by atoms with van der Waals surface area (Å²) in [6.07, 6.45) is 3.14. The molecule has 0 saturated carbocycles. The van der Waals surface area contributed by atoms with Gasteiger partial charge in [0.05, 0.1) is 23.1 Å². The van der Waals surface area contributed by atoms with Gasteiger partial charge in [-0.15, -0.1) is 11.3 Å². The van der Waals surface area contributed by atoms with Crippen LogP contribution in [0.25, 0.3) is 27.2 Å². The maximum Gasteiger partial charge on any atom is 1.00 e. The van der Waals surface area contributed by atoms with Gasteiger partial charge >= 0.3 is 29.6 Å². The average Bonchev–Trinajstić information content (AvgIpc) is 3.66. The van der Waals surface area contributed by atoms with Gasteiger partial charge in [-0.05, 0) is 41.3 Å². The summed E-state index contributed by atoms with van der Waals surface area (Å²) in [4.78, 5) is 17.9. The summed E-state index contributed by atoms with van der Waals surface area (Å²) in [7, 11) is 0. The molecule has 5 rings (SSSR count). The first-order valence-electron chi connectivity index (χ1n) is 10.0. The topological polar surface area (TPSA) is 139 Å². The van der Waals surface area contributed by atoms with Gasteiger partial charge in [-0.3, -0.25) is 15.6 Å². The molecule has 4 heterocycles. The predicted octanol–water partition coefficient (Wildman–Crippen LogP) is 0.922. The third kappa shape index (κ3) is 5.54. The van der Waals surface area contributed by atoms with Gasteiger partial charge < -0.3 is 25.2 Å². The van der Waals surface area contributed by atoms with Crippen molar-refractivity contribution in [2.75, 3.05) is 0 Å². The number of benzene rings is 1. The van der Waals surface area contributed by atoms with Crippen LogP contribution >= 0.6 is 11.3 Å². The molecule has 0 unspecified atom stereocenters. The predicted molar refractivity (Wildman–Crippen MR) is 125 cm³/mol. The van der Waals surface area contributed by atoms with E-state index in [4.69, 9.17) is 9.15 Å². The fourth-order valence-corrected chi connectivity index (χ4v) is 3.93. The summed E-state index contributed by atoms with van der Waals surface area (Å²) in [5.41, 5.74) is 12.2. The van der Waals surface area contributed by atoms with Gasteiger partial charge in [0.1, 0.15) is 18.2 Å². The van der Waals surface area contributed by atoms with Crippen LogP contribution in [0.5, 0.6) is 5.88 Å². The van der Waals surface area contributed by atoms with Gasteiger partial charge in [0.15, 0.2) is 5.96 Å². The first-order valence-corrected chi connectivity index (χ1v) is 10.9. The molecule has 3 aromatic heterocycles. The Bertz CT molecular complexity index is 1380. The molecule has 0 fully saturated rings. The molecule has 0 spiro atoms. The van der Waals surface area contributed by atoms with Crippen LogP contribution in [0.4, 0.5) is 0 Å². The Morgan fingerprint density at radius 1 is 1.26 bits per heavy atom. The van der Waals surface area contributed by atoms with Gasteiger partial charge in [0.2, 0.25) is 5.88 Å². The van der Waals surface area contributed by atoms with Crippen LogP contribution in [0, 0.1) is 11.3 Å². The number of amides is 1. The van der Waals surface area contributed by atoms with Crippen molar-refractivity contribution in [3.63, 3.8) is 0 Å². The van der Waals surface area contributed by atoms with E-state index in [1.54, 1.807) is 54.2 Å². The molecule has 3 N–H and O–H groups in total. The number of pyridine rings is 1. The zero-order valence-corrected chi connectivity index (χ0v) is 21.3. The number of furan rings is 1. The molecule has 1 aliphatic rings. The fraction of sp³-hybridized carbons (Fsp3) is 0.0435. The number of ether oxygens (including phenoxy) is 1. The molecule has 0 aliphatic carbocycles. The van der Waals surface area contributed by atoms with E-state index in [-0.39, 0.29) is 53.9 Å². The van der Waals surface area contributed by atoms with Crippen molar-refractivity contribution in [2.45, 2.75) is 6.61 Å². The number of hydrazine groups is 1. The van der Waals surface area contributed by atoms with Crippen molar-refractivity contribution in [3.05, 3.63) is 88.7 Å². The van der Waals surface area contributed by atoms with Crippen LogP contribution in [0.2, 0.25) is 0 Å². The van der Waals surface area contributed by atoms with Crippen LogP contribution in [-0.2, 0) is 6.61 Å². The minimum atomic E-state index is -0.334. The number of nitrogens with zero attached hydrogens (tertiary/aromatic N) is 4. The molecule has 1 amide bonds. The largest absolute Gasteiger partial charge is 1.00 e. The molecular formula is C23H16N7NaO3S. The van der Waals surface area contributed by atoms with Crippen LogP contribution < -0.4 is 50.6 Å². The number of thiophene rings is 1. The normalized spacial score (nSPS) is 11.9.